The summed E-state index contributed by atoms with van der Waals surface area (Å²) in [7, 11) is 1.91. The fourth-order valence-corrected chi connectivity index (χ4v) is 5.17. The van der Waals surface area contributed by atoms with Crippen LogP contribution in [0.1, 0.15) is 29.7 Å². The van der Waals surface area contributed by atoms with E-state index in [0.717, 1.165) is 38.6 Å². The molecule has 2 aliphatic rings. The molecular formula is C24H32N4S. The second kappa shape index (κ2) is 10.1. The largest absolute Gasteiger partial charge is 0.356 e. The minimum absolute atomic E-state index is 0.695. The van der Waals surface area contributed by atoms with Crippen molar-refractivity contribution in [3.63, 3.8) is 0 Å². The minimum atomic E-state index is 0.695. The SMILES string of the molecule is CN=C(NCC1CCCN(Cc2cccs2)C1)N1CC=C(c2ccccc2)CC1. The zero-order valence-electron chi connectivity index (χ0n) is 17.4. The maximum absolute atomic E-state index is 4.56. The number of piperidine rings is 1. The predicted octanol–water partition coefficient (Wildman–Crippen LogP) is 4.32. The lowest BCUT2D eigenvalue weighted by Gasteiger charge is -2.34. The minimum Gasteiger partial charge on any atom is -0.356 e. The van der Waals surface area contributed by atoms with Crippen molar-refractivity contribution in [3.05, 3.63) is 64.4 Å². The molecular weight excluding hydrogens is 376 g/mol. The second-order valence-corrected chi connectivity index (χ2v) is 9.07. The number of nitrogens with one attached hydrogen (secondary N) is 1. The molecule has 154 valence electrons. The van der Waals surface area contributed by atoms with E-state index in [1.807, 2.05) is 18.4 Å². The molecule has 29 heavy (non-hydrogen) atoms. The molecule has 2 aliphatic heterocycles. The van der Waals surface area contributed by atoms with Crippen molar-refractivity contribution in [2.45, 2.75) is 25.8 Å². The molecule has 1 unspecified atom stereocenters. The van der Waals surface area contributed by atoms with Crippen molar-refractivity contribution in [1.82, 2.24) is 15.1 Å². The molecule has 4 nitrogen and oxygen atoms in total. The first-order valence-corrected chi connectivity index (χ1v) is 11.6. The highest BCUT2D eigenvalue weighted by molar-refractivity contribution is 7.09. The van der Waals surface area contributed by atoms with Gasteiger partial charge in [-0.3, -0.25) is 9.89 Å². The summed E-state index contributed by atoms with van der Waals surface area (Å²) in [6, 6.07) is 15.1. The average Bonchev–Trinajstić information content (AvgIpc) is 3.29. The van der Waals surface area contributed by atoms with Gasteiger partial charge in [-0.15, -0.1) is 11.3 Å². The summed E-state index contributed by atoms with van der Waals surface area (Å²) in [6.45, 7) is 6.47. The molecule has 1 fully saturated rings. The lowest BCUT2D eigenvalue weighted by molar-refractivity contribution is 0.169. The van der Waals surface area contributed by atoms with Gasteiger partial charge in [0.15, 0.2) is 5.96 Å². The van der Waals surface area contributed by atoms with Gasteiger partial charge in [-0.05, 0) is 54.3 Å². The third-order valence-electron chi connectivity index (χ3n) is 5.98. The van der Waals surface area contributed by atoms with Gasteiger partial charge in [0.05, 0.1) is 0 Å². The van der Waals surface area contributed by atoms with Crippen LogP contribution < -0.4 is 5.32 Å². The third kappa shape index (κ3) is 5.49. The van der Waals surface area contributed by atoms with Crippen LogP contribution in [-0.4, -0.2) is 55.5 Å². The fraction of sp³-hybridized carbons (Fsp3) is 0.458. The number of aliphatic imine (C=N–C) groups is 1. The molecule has 4 rings (SSSR count). The Bertz CT molecular complexity index is 813. The van der Waals surface area contributed by atoms with Crippen LogP contribution in [0.15, 0.2) is 58.9 Å². The van der Waals surface area contributed by atoms with Crippen molar-refractivity contribution in [2.24, 2.45) is 10.9 Å². The average molecular weight is 409 g/mol. The molecule has 0 radical (unpaired) electrons. The third-order valence-corrected chi connectivity index (χ3v) is 6.84. The first kappa shape index (κ1) is 20.2. The normalized spacial score (nSPS) is 21.1. The summed E-state index contributed by atoms with van der Waals surface area (Å²) < 4.78 is 0. The molecule has 1 saturated heterocycles. The predicted molar refractivity (Wildman–Crippen MR) is 124 cm³/mol. The molecule has 0 aliphatic carbocycles. The van der Waals surface area contributed by atoms with Crippen LogP contribution in [0, 0.1) is 5.92 Å². The van der Waals surface area contributed by atoms with Gasteiger partial charge in [-0.25, -0.2) is 0 Å². The van der Waals surface area contributed by atoms with Gasteiger partial charge < -0.3 is 10.2 Å². The topological polar surface area (TPSA) is 30.9 Å². The van der Waals surface area contributed by atoms with E-state index in [1.165, 1.54) is 41.9 Å². The summed E-state index contributed by atoms with van der Waals surface area (Å²) in [4.78, 5) is 11.0. The Morgan fingerprint density at radius 1 is 1.17 bits per heavy atom. The van der Waals surface area contributed by atoms with Gasteiger partial charge in [-0.2, -0.15) is 0 Å². The Morgan fingerprint density at radius 2 is 2.07 bits per heavy atom. The van der Waals surface area contributed by atoms with E-state index in [1.54, 1.807) is 0 Å². The molecule has 0 amide bonds. The van der Waals surface area contributed by atoms with E-state index in [9.17, 15) is 0 Å². The van der Waals surface area contributed by atoms with Gasteiger partial charge >= 0.3 is 0 Å². The monoisotopic (exact) mass is 408 g/mol. The number of hydrogen-bond acceptors (Lipinski definition) is 3. The van der Waals surface area contributed by atoms with E-state index in [0.29, 0.717) is 5.92 Å². The van der Waals surface area contributed by atoms with Gasteiger partial charge in [0.25, 0.3) is 0 Å². The van der Waals surface area contributed by atoms with E-state index in [2.05, 4.69) is 74.0 Å². The molecule has 5 heteroatoms. The number of benzene rings is 1. The number of thiophene rings is 1. The Morgan fingerprint density at radius 3 is 2.79 bits per heavy atom. The molecule has 2 aromatic rings. The second-order valence-electron chi connectivity index (χ2n) is 8.04. The van der Waals surface area contributed by atoms with Crippen molar-refractivity contribution in [1.29, 1.82) is 0 Å². The maximum Gasteiger partial charge on any atom is 0.193 e. The van der Waals surface area contributed by atoms with Crippen LogP contribution in [0.3, 0.4) is 0 Å². The smallest absolute Gasteiger partial charge is 0.193 e. The van der Waals surface area contributed by atoms with Crippen LogP contribution in [0.2, 0.25) is 0 Å². The zero-order valence-corrected chi connectivity index (χ0v) is 18.2. The van der Waals surface area contributed by atoms with Crippen LogP contribution in [0.25, 0.3) is 5.57 Å². The molecule has 0 spiro atoms. The molecule has 0 bridgehead atoms. The number of hydrogen-bond donors (Lipinski definition) is 1. The molecule has 1 atom stereocenters. The van der Waals surface area contributed by atoms with Crippen molar-refractivity contribution in [2.75, 3.05) is 39.8 Å². The van der Waals surface area contributed by atoms with Crippen molar-refractivity contribution in [3.8, 4) is 0 Å². The fourth-order valence-electron chi connectivity index (χ4n) is 4.43. The molecule has 1 aromatic heterocycles. The molecule has 1 N–H and O–H groups in total. The lowest BCUT2D eigenvalue weighted by atomic mass is 9.98. The molecule has 0 saturated carbocycles. The number of guanidine groups is 1. The first-order valence-electron chi connectivity index (χ1n) is 10.8. The van der Waals surface area contributed by atoms with Crippen LogP contribution in [-0.2, 0) is 6.54 Å². The summed E-state index contributed by atoms with van der Waals surface area (Å²) in [5.74, 6) is 1.74. The number of rotatable bonds is 5. The Balaban J connectivity index is 1.27. The Labute approximate surface area is 179 Å². The highest BCUT2D eigenvalue weighted by Gasteiger charge is 2.22. The van der Waals surface area contributed by atoms with E-state index in [4.69, 9.17) is 0 Å². The summed E-state index contributed by atoms with van der Waals surface area (Å²) in [6.07, 6.45) is 6.03. The van der Waals surface area contributed by atoms with Gasteiger partial charge in [0.1, 0.15) is 0 Å². The van der Waals surface area contributed by atoms with E-state index >= 15 is 0 Å². The van der Waals surface area contributed by atoms with Crippen LogP contribution in [0.4, 0.5) is 0 Å². The standard InChI is InChI=1S/C24H32N4S/c1-25-24(28-14-11-22(12-15-28)21-8-3-2-4-9-21)26-17-20-7-5-13-27(18-20)19-23-10-6-16-29-23/h2-4,6,8-11,16,20H,5,7,12-15,17-19H2,1H3,(H,25,26). The van der Waals surface area contributed by atoms with Crippen molar-refractivity contribution < 1.29 is 0 Å². The summed E-state index contributed by atoms with van der Waals surface area (Å²) in [5, 5.41) is 5.84. The van der Waals surface area contributed by atoms with Crippen LogP contribution in [0.5, 0.6) is 0 Å². The van der Waals surface area contributed by atoms with Gasteiger partial charge in [0.2, 0.25) is 0 Å². The quantitative estimate of drug-likeness (QED) is 0.590. The van der Waals surface area contributed by atoms with Crippen molar-refractivity contribution >= 4 is 22.9 Å². The summed E-state index contributed by atoms with van der Waals surface area (Å²) in [5.41, 5.74) is 2.80. The zero-order chi connectivity index (χ0) is 19.9. The van der Waals surface area contributed by atoms with Crippen LogP contribution >= 0.6 is 11.3 Å². The first-order chi connectivity index (χ1) is 14.3. The molecule has 3 heterocycles. The summed E-state index contributed by atoms with van der Waals surface area (Å²) >= 11 is 1.87. The lowest BCUT2D eigenvalue weighted by Crippen LogP contribution is -2.47. The number of likely N-dealkylation sites (tertiary alicyclic amines) is 1. The Hall–Kier alpha value is -2.11. The van der Waals surface area contributed by atoms with Gasteiger partial charge in [0, 0.05) is 44.6 Å². The maximum atomic E-state index is 4.56. The highest BCUT2D eigenvalue weighted by atomic mass is 32.1. The highest BCUT2D eigenvalue weighted by Crippen LogP contribution is 2.23. The molecule has 1 aromatic carbocycles. The van der Waals surface area contributed by atoms with E-state index in [-0.39, 0.29) is 0 Å². The van der Waals surface area contributed by atoms with Gasteiger partial charge in [-0.1, -0.05) is 42.5 Å². The van der Waals surface area contributed by atoms with E-state index < -0.39 is 0 Å². The Kier molecular flexibility index (Phi) is 7.01. The number of nitrogens with zero attached hydrogens (tertiary/aromatic N) is 3.